The van der Waals surface area contributed by atoms with Gasteiger partial charge in [-0.1, -0.05) is 52.3 Å². The first kappa shape index (κ1) is 14.0. The fourth-order valence-corrected chi connectivity index (χ4v) is 2.49. The molecule has 0 saturated carbocycles. The molecular formula is C18H16BrNO. The van der Waals surface area contributed by atoms with E-state index in [9.17, 15) is 0 Å². The number of rotatable bonds is 5. The standard InChI is InChI=1S/C18H16BrNO/c19-10-4-11-20-12-9-16-13-17(7-8-18(16)20)21-14-15-5-2-1-3-6-15/h1-10,12-13H,11,14H2/b10-4+. The number of hydrogen-bond acceptors (Lipinski definition) is 1. The number of allylic oxidation sites excluding steroid dienone is 1. The fourth-order valence-electron chi connectivity index (χ4n) is 2.32. The molecule has 2 nitrogen and oxygen atoms in total. The van der Waals surface area contributed by atoms with E-state index in [2.05, 4.69) is 63.1 Å². The van der Waals surface area contributed by atoms with Crippen LogP contribution in [0.4, 0.5) is 0 Å². The van der Waals surface area contributed by atoms with Crippen molar-refractivity contribution in [2.75, 3.05) is 0 Å². The molecule has 0 atom stereocenters. The van der Waals surface area contributed by atoms with Crippen molar-refractivity contribution in [1.82, 2.24) is 4.57 Å². The smallest absolute Gasteiger partial charge is 0.120 e. The summed E-state index contributed by atoms with van der Waals surface area (Å²) in [6.45, 7) is 1.46. The number of fused-ring (bicyclic) bond motifs is 1. The van der Waals surface area contributed by atoms with Crippen molar-refractivity contribution in [3.63, 3.8) is 0 Å². The molecule has 0 aliphatic rings. The molecule has 2 aromatic carbocycles. The highest BCUT2D eigenvalue weighted by molar-refractivity contribution is 9.11. The van der Waals surface area contributed by atoms with Crippen LogP contribution in [0.25, 0.3) is 10.9 Å². The molecule has 0 bridgehead atoms. The Labute approximate surface area is 132 Å². The Kier molecular flexibility index (Phi) is 4.41. The minimum absolute atomic E-state index is 0.597. The summed E-state index contributed by atoms with van der Waals surface area (Å²) in [6.07, 6.45) is 4.16. The summed E-state index contributed by atoms with van der Waals surface area (Å²) in [5.74, 6) is 0.903. The van der Waals surface area contributed by atoms with E-state index >= 15 is 0 Å². The summed E-state index contributed by atoms with van der Waals surface area (Å²) in [5, 5.41) is 1.20. The highest BCUT2D eigenvalue weighted by Crippen LogP contribution is 2.23. The van der Waals surface area contributed by atoms with E-state index in [1.807, 2.05) is 29.3 Å². The van der Waals surface area contributed by atoms with Gasteiger partial charge in [0.05, 0.1) is 0 Å². The maximum Gasteiger partial charge on any atom is 0.120 e. The Bertz CT molecular complexity index is 746. The Morgan fingerprint density at radius 2 is 1.90 bits per heavy atom. The molecular weight excluding hydrogens is 326 g/mol. The van der Waals surface area contributed by atoms with Crippen LogP contribution in [0, 0.1) is 0 Å². The molecule has 0 radical (unpaired) electrons. The van der Waals surface area contributed by atoms with Gasteiger partial charge in [0.15, 0.2) is 0 Å². The minimum atomic E-state index is 0.597. The van der Waals surface area contributed by atoms with Crippen LogP contribution in [0.5, 0.6) is 5.75 Å². The van der Waals surface area contributed by atoms with Crippen LogP contribution in [0.3, 0.4) is 0 Å². The maximum absolute atomic E-state index is 5.86. The first-order valence-corrected chi connectivity index (χ1v) is 7.79. The maximum atomic E-state index is 5.86. The van der Waals surface area contributed by atoms with E-state index < -0.39 is 0 Å². The lowest BCUT2D eigenvalue weighted by Crippen LogP contribution is -1.95. The van der Waals surface area contributed by atoms with E-state index in [0.717, 1.165) is 12.3 Å². The molecule has 3 aromatic rings. The molecule has 1 heterocycles. The molecule has 0 spiro atoms. The second-order valence-corrected chi connectivity index (χ2v) is 5.35. The molecule has 0 saturated heterocycles. The first-order chi connectivity index (χ1) is 10.4. The van der Waals surface area contributed by atoms with Crippen molar-refractivity contribution < 1.29 is 4.74 Å². The normalized spacial score (nSPS) is 11.3. The fraction of sp³-hybridized carbons (Fsp3) is 0.111. The van der Waals surface area contributed by atoms with Gasteiger partial charge in [-0.05, 0) is 34.8 Å². The molecule has 0 N–H and O–H groups in total. The first-order valence-electron chi connectivity index (χ1n) is 6.87. The number of benzene rings is 2. The Morgan fingerprint density at radius 1 is 1.05 bits per heavy atom. The van der Waals surface area contributed by atoms with E-state index in [4.69, 9.17) is 4.74 Å². The lowest BCUT2D eigenvalue weighted by Gasteiger charge is -2.07. The van der Waals surface area contributed by atoms with Crippen molar-refractivity contribution in [3.05, 3.63) is 77.4 Å². The molecule has 0 amide bonds. The number of aromatic nitrogens is 1. The Morgan fingerprint density at radius 3 is 2.71 bits per heavy atom. The van der Waals surface area contributed by atoms with Crippen molar-refractivity contribution in [2.24, 2.45) is 0 Å². The summed E-state index contributed by atoms with van der Waals surface area (Å²) in [7, 11) is 0. The lowest BCUT2D eigenvalue weighted by atomic mass is 10.2. The van der Waals surface area contributed by atoms with Gasteiger partial charge in [-0.15, -0.1) is 0 Å². The molecule has 0 aliphatic carbocycles. The second kappa shape index (κ2) is 6.64. The van der Waals surface area contributed by atoms with Crippen molar-refractivity contribution in [3.8, 4) is 5.75 Å². The van der Waals surface area contributed by atoms with E-state index in [1.165, 1.54) is 16.5 Å². The number of hydrogen-bond donors (Lipinski definition) is 0. The van der Waals surface area contributed by atoms with E-state index in [1.54, 1.807) is 0 Å². The third-order valence-corrected chi connectivity index (χ3v) is 3.76. The minimum Gasteiger partial charge on any atom is -0.489 e. The third-order valence-electron chi connectivity index (χ3n) is 3.38. The average molecular weight is 342 g/mol. The van der Waals surface area contributed by atoms with Gasteiger partial charge in [0.2, 0.25) is 0 Å². The lowest BCUT2D eigenvalue weighted by molar-refractivity contribution is 0.306. The molecule has 1 aromatic heterocycles. The van der Waals surface area contributed by atoms with Crippen LogP contribution in [0.2, 0.25) is 0 Å². The van der Waals surface area contributed by atoms with Gasteiger partial charge in [0, 0.05) is 23.6 Å². The van der Waals surface area contributed by atoms with Gasteiger partial charge in [0.1, 0.15) is 12.4 Å². The monoisotopic (exact) mass is 341 g/mol. The largest absolute Gasteiger partial charge is 0.489 e. The Hall–Kier alpha value is -2.00. The highest BCUT2D eigenvalue weighted by Gasteiger charge is 2.02. The zero-order chi connectivity index (χ0) is 14.5. The zero-order valence-corrected chi connectivity index (χ0v) is 13.2. The average Bonchev–Trinajstić information content (AvgIpc) is 2.94. The summed E-state index contributed by atoms with van der Waals surface area (Å²) in [6, 6.07) is 18.6. The van der Waals surface area contributed by atoms with Crippen molar-refractivity contribution >= 4 is 26.8 Å². The van der Waals surface area contributed by atoms with Gasteiger partial charge in [0.25, 0.3) is 0 Å². The summed E-state index contributed by atoms with van der Waals surface area (Å²) >= 11 is 3.30. The predicted octanol–water partition coefficient (Wildman–Crippen LogP) is 5.13. The van der Waals surface area contributed by atoms with Crippen LogP contribution in [-0.2, 0) is 13.2 Å². The van der Waals surface area contributed by atoms with Crippen molar-refractivity contribution in [2.45, 2.75) is 13.2 Å². The molecule has 21 heavy (non-hydrogen) atoms. The molecule has 0 aliphatic heterocycles. The van der Waals surface area contributed by atoms with Crippen LogP contribution in [0.15, 0.2) is 71.9 Å². The topological polar surface area (TPSA) is 14.2 Å². The number of nitrogens with zero attached hydrogens (tertiary/aromatic N) is 1. The molecule has 0 unspecified atom stereocenters. The van der Waals surface area contributed by atoms with Gasteiger partial charge < -0.3 is 9.30 Å². The highest BCUT2D eigenvalue weighted by atomic mass is 79.9. The van der Waals surface area contributed by atoms with Gasteiger partial charge in [-0.3, -0.25) is 0 Å². The van der Waals surface area contributed by atoms with Crippen LogP contribution < -0.4 is 4.74 Å². The predicted molar refractivity (Wildman–Crippen MR) is 90.8 cm³/mol. The molecule has 3 rings (SSSR count). The third kappa shape index (κ3) is 3.37. The number of halogens is 1. The summed E-state index contributed by atoms with van der Waals surface area (Å²) in [4.78, 5) is 1.89. The summed E-state index contributed by atoms with van der Waals surface area (Å²) < 4.78 is 8.06. The van der Waals surface area contributed by atoms with Crippen LogP contribution >= 0.6 is 15.9 Å². The second-order valence-electron chi connectivity index (χ2n) is 4.82. The molecule has 3 heteroatoms. The van der Waals surface area contributed by atoms with Gasteiger partial charge in [-0.25, -0.2) is 0 Å². The molecule has 106 valence electrons. The summed E-state index contributed by atoms with van der Waals surface area (Å²) in [5.41, 5.74) is 2.39. The van der Waals surface area contributed by atoms with Crippen LogP contribution in [0.1, 0.15) is 5.56 Å². The van der Waals surface area contributed by atoms with Crippen molar-refractivity contribution in [1.29, 1.82) is 0 Å². The Balaban J connectivity index is 1.75. The van der Waals surface area contributed by atoms with E-state index in [-0.39, 0.29) is 0 Å². The zero-order valence-electron chi connectivity index (χ0n) is 11.6. The van der Waals surface area contributed by atoms with Crippen LogP contribution in [-0.4, -0.2) is 4.57 Å². The SMILES string of the molecule is Br/C=C/Cn1ccc2cc(OCc3ccccc3)ccc21. The van der Waals surface area contributed by atoms with E-state index in [0.29, 0.717) is 6.61 Å². The molecule has 0 fully saturated rings. The van der Waals surface area contributed by atoms with Gasteiger partial charge in [-0.2, -0.15) is 0 Å². The van der Waals surface area contributed by atoms with Gasteiger partial charge >= 0.3 is 0 Å². The number of ether oxygens (including phenoxy) is 1. The quantitative estimate of drug-likeness (QED) is 0.627.